The predicted octanol–water partition coefficient (Wildman–Crippen LogP) is 1.94. The number of hydrogen-bond donors (Lipinski definition) is 2. The number of pyridine rings is 1. The van der Waals surface area contributed by atoms with E-state index in [2.05, 4.69) is 46.4 Å². The van der Waals surface area contributed by atoms with Gasteiger partial charge in [0.25, 0.3) is 5.91 Å². The van der Waals surface area contributed by atoms with Crippen LogP contribution in [0.5, 0.6) is 0 Å². The summed E-state index contributed by atoms with van der Waals surface area (Å²) in [5.41, 5.74) is 1.57. The number of amides is 1. The smallest absolute Gasteiger partial charge is 0.253 e. The van der Waals surface area contributed by atoms with Crippen LogP contribution in [-0.4, -0.2) is 34.9 Å². The fourth-order valence-electron chi connectivity index (χ4n) is 3.02. The van der Waals surface area contributed by atoms with Gasteiger partial charge in [-0.05, 0) is 25.0 Å². The maximum Gasteiger partial charge on any atom is 0.253 e. The van der Waals surface area contributed by atoms with Crippen LogP contribution in [0.25, 0.3) is 0 Å². The summed E-state index contributed by atoms with van der Waals surface area (Å²) >= 11 is 0. The first kappa shape index (κ1) is 15.5. The Kier molecular flexibility index (Phi) is 4.57. The third-order valence-corrected chi connectivity index (χ3v) is 4.43. The summed E-state index contributed by atoms with van der Waals surface area (Å²) in [6.07, 6.45) is 2.39. The van der Waals surface area contributed by atoms with Gasteiger partial charge in [-0.1, -0.05) is 30.3 Å². The lowest BCUT2D eigenvalue weighted by Crippen LogP contribution is -2.37. The number of H-pyrrole nitrogens is 1. The summed E-state index contributed by atoms with van der Waals surface area (Å²) in [4.78, 5) is 28.2. The topological polar surface area (TPSA) is 65.2 Å². The van der Waals surface area contributed by atoms with E-state index in [9.17, 15) is 9.59 Å². The molecule has 1 aliphatic rings. The van der Waals surface area contributed by atoms with Crippen molar-refractivity contribution in [2.24, 2.45) is 0 Å². The van der Waals surface area contributed by atoms with Crippen LogP contribution in [0.3, 0.4) is 0 Å². The number of carbonyl (C=O) groups is 1. The van der Waals surface area contributed by atoms with Crippen LogP contribution in [0.1, 0.15) is 35.3 Å². The molecule has 2 atom stereocenters. The number of carbonyl (C=O) groups excluding carboxylic acids is 1. The molecule has 0 radical (unpaired) electrons. The minimum absolute atomic E-state index is 0.138. The Morgan fingerprint density at radius 1 is 1.26 bits per heavy atom. The van der Waals surface area contributed by atoms with Gasteiger partial charge < -0.3 is 10.3 Å². The molecule has 2 heterocycles. The summed E-state index contributed by atoms with van der Waals surface area (Å²) in [5, 5.41) is 3.05. The second-order valence-corrected chi connectivity index (χ2v) is 5.98. The molecular weight excluding hydrogens is 290 g/mol. The van der Waals surface area contributed by atoms with E-state index >= 15 is 0 Å². The minimum atomic E-state index is -0.203. The zero-order valence-corrected chi connectivity index (χ0v) is 13.2. The van der Waals surface area contributed by atoms with Gasteiger partial charge in [0.2, 0.25) is 5.56 Å². The number of aromatic nitrogens is 1. The van der Waals surface area contributed by atoms with E-state index in [0.29, 0.717) is 11.6 Å². The molecule has 120 valence electrons. The van der Waals surface area contributed by atoms with Crippen molar-refractivity contribution in [1.29, 1.82) is 0 Å². The molecule has 0 bridgehead atoms. The zero-order chi connectivity index (χ0) is 16.2. The van der Waals surface area contributed by atoms with Crippen molar-refractivity contribution in [3.8, 4) is 0 Å². The molecule has 3 rings (SSSR count). The Balaban J connectivity index is 1.58. The highest BCUT2D eigenvalue weighted by atomic mass is 16.2. The van der Waals surface area contributed by atoms with Gasteiger partial charge in [-0.25, -0.2) is 0 Å². The summed E-state index contributed by atoms with van der Waals surface area (Å²) in [7, 11) is 0. The lowest BCUT2D eigenvalue weighted by molar-refractivity contribution is 0.0936. The van der Waals surface area contributed by atoms with Crippen molar-refractivity contribution in [1.82, 2.24) is 15.2 Å². The van der Waals surface area contributed by atoms with Crippen molar-refractivity contribution in [2.45, 2.75) is 25.4 Å². The molecule has 1 aromatic carbocycles. The Morgan fingerprint density at radius 3 is 2.74 bits per heavy atom. The number of aromatic amines is 1. The number of hydrogen-bond acceptors (Lipinski definition) is 3. The molecule has 23 heavy (non-hydrogen) atoms. The average Bonchev–Trinajstić information content (AvgIpc) is 3.04. The lowest BCUT2D eigenvalue weighted by atomic mass is 10.1. The van der Waals surface area contributed by atoms with Crippen molar-refractivity contribution < 1.29 is 4.79 Å². The lowest BCUT2D eigenvalue weighted by Gasteiger charge is -2.24. The Bertz CT molecular complexity index is 706. The number of benzene rings is 1. The SMILES string of the molecule is C[C@H](c1ccccc1)N1CC[C@H](NC(=O)c2ccc(=O)[nH]c2)C1. The van der Waals surface area contributed by atoms with Gasteiger partial charge in [0.15, 0.2) is 0 Å². The first-order valence-electron chi connectivity index (χ1n) is 7.92. The van der Waals surface area contributed by atoms with Crippen LogP contribution in [0, 0.1) is 0 Å². The maximum atomic E-state index is 12.2. The fourth-order valence-corrected chi connectivity index (χ4v) is 3.02. The standard InChI is InChI=1S/C18H21N3O2/c1-13(14-5-3-2-4-6-14)21-10-9-16(12-21)20-18(23)15-7-8-17(22)19-11-15/h2-8,11,13,16H,9-10,12H2,1H3,(H,19,22)(H,20,23)/t13-,16+/m1/s1. The van der Waals surface area contributed by atoms with Crippen LogP contribution in [0.2, 0.25) is 0 Å². The Hall–Kier alpha value is -2.40. The van der Waals surface area contributed by atoms with E-state index < -0.39 is 0 Å². The van der Waals surface area contributed by atoms with Gasteiger partial charge in [-0.15, -0.1) is 0 Å². The molecule has 0 aliphatic carbocycles. The largest absolute Gasteiger partial charge is 0.348 e. The fraction of sp³-hybridized carbons (Fsp3) is 0.333. The highest BCUT2D eigenvalue weighted by molar-refractivity contribution is 5.94. The number of rotatable bonds is 4. The third kappa shape index (κ3) is 3.68. The summed E-state index contributed by atoms with van der Waals surface area (Å²) < 4.78 is 0. The van der Waals surface area contributed by atoms with Gasteiger partial charge in [0.1, 0.15) is 0 Å². The highest BCUT2D eigenvalue weighted by Gasteiger charge is 2.27. The van der Waals surface area contributed by atoms with E-state index in [1.807, 2.05) is 6.07 Å². The van der Waals surface area contributed by atoms with Crippen LogP contribution < -0.4 is 10.9 Å². The maximum absolute atomic E-state index is 12.2. The number of nitrogens with zero attached hydrogens (tertiary/aromatic N) is 1. The van der Waals surface area contributed by atoms with Crippen molar-refractivity contribution in [3.63, 3.8) is 0 Å². The minimum Gasteiger partial charge on any atom is -0.348 e. The van der Waals surface area contributed by atoms with Crippen molar-refractivity contribution in [3.05, 3.63) is 70.1 Å². The Labute approximate surface area is 135 Å². The van der Waals surface area contributed by atoms with Gasteiger partial charge >= 0.3 is 0 Å². The number of likely N-dealkylation sites (tertiary alicyclic amines) is 1. The monoisotopic (exact) mass is 311 g/mol. The van der Waals surface area contributed by atoms with Crippen molar-refractivity contribution in [2.75, 3.05) is 13.1 Å². The van der Waals surface area contributed by atoms with Gasteiger partial charge in [0.05, 0.1) is 5.56 Å². The predicted molar refractivity (Wildman–Crippen MR) is 89.4 cm³/mol. The quantitative estimate of drug-likeness (QED) is 0.907. The van der Waals surface area contributed by atoms with Crippen LogP contribution >= 0.6 is 0 Å². The average molecular weight is 311 g/mol. The summed E-state index contributed by atoms with van der Waals surface area (Å²) in [6, 6.07) is 13.8. The Morgan fingerprint density at radius 2 is 2.04 bits per heavy atom. The summed E-state index contributed by atoms with van der Waals surface area (Å²) in [6.45, 7) is 4.00. The van der Waals surface area contributed by atoms with E-state index in [1.54, 1.807) is 6.07 Å². The molecule has 0 spiro atoms. The molecule has 0 unspecified atom stereocenters. The normalized spacial score (nSPS) is 19.4. The van der Waals surface area contributed by atoms with Crippen LogP contribution in [0.15, 0.2) is 53.5 Å². The van der Waals surface area contributed by atoms with E-state index in [0.717, 1.165) is 19.5 Å². The van der Waals surface area contributed by atoms with Gasteiger partial charge in [-0.2, -0.15) is 0 Å². The van der Waals surface area contributed by atoms with Gasteiger partial charge in [-0.3, -0.25) is 14.5 Å². The molecule has 1 amide bonds. The zero-order valence-electron chi connectivity index (χ0n) is 13.2. The second-order valence-electron chi connectivity index (χ2n) is 5.98. The van der Waals surface area contributed by atoms with Gasteiger partial charge in [0, 0.05) is 37.4 Å². The van der Waals surface area contributed by atoms with E-state index in [-0.39, 0.29) is 17.5 Å². The number of nitrogens with one attached hydrogen (secondary N) is 2. The summed E-state index contributed by atoms with van der Waals surface area (Å²) in [5.74, 6) is -0.138. The molecule has 2 N–H and O–H groups in total. The molecule has 1 aliphatic heterocycles. The third-order valence-electron chi connectivity index (χ3n) is 4.43. The molecule has 1 aromatic heterocycles. The molecule has 2 aromatic rings. The highest BCUT2D eigenvalue weighted by Crippen LogP contribution is 2.24. The first-order chi connectivity index (χ1) is 11.1. The molecule has 5 heteroatoms. The molecule has 5 nitrogen and oxygen atoms in total. The van der Waals surface area contributed by atoms with E-state index in [4.69, 9.17) is 0 Å². The van der Waals surface area contributed by atoms with Crippen LogP contribution in [0.4, 0.5) is 0 Å². The first-order valence-corrected chi connectivity index (χ1v) is 7.92. The molecular formula is C18H21N3O2. The molecule has 1 fully saturated rings. The molecule has 0 saturated carbocycles. The van der Waals surface area contributed by atoms with Crippen LogP contribution in [-0.2, 0) is 0 Å². The molecule has 1 saturated heterocycles. The second kappa shape index (κ2) is 6.79. The van der Waals surface area contributed by atoms with E-state index in [1.165, 1.54) is 17.8 Å². The van der Waals surface area contributed by atoms with Crippen molar-refractivity contribution >= 4 is 5.91 Å².